The smallest absolute Gasteiger partial charge is 0.268 e. The number of rotatable bonds is 1. The Bertz CT molecular complexity index is 944. The van der Waals surface area contributed by atoms with Crippen molar-refractivity contribution in [1.82, 2.24) is 5.43 Å². The van der Waals surface area contributed by atoms with E-state index in [2.05, 4.69) is 37.2 Å². The van der Waals surface area contributed by atoms with E-state index in [1.54, 1.807) is 49.8 Å². The molecule has 118 valence electrons. The second kappa shape index (κ2) is 1.03. The average Bonchev–Trinajstić information content (AvgIpc) is 3.40. The van der Waals surface area contributed by atoms with Crippen molar-refractivity contribution in [3.8, 4) is 0 Å². The molecule has 10 heterocycles. The second-order valence-corrected chi connectivity index (χ2v) is 35.0. The predicted molar refractivity (Wildman–Crippen MR) is 85.6 cm³/mol. The number of hydrazine groups is 1. The van der Waals surface area contributed by atoms with Crippen molar-refractivity contribution in [3.63, 3.8) is 0 Å². The number of fused-ring (bicyclic) bond motifs is 10. The Balaban J connectivity index is 0.0000000968. The van der Waals surface area contributed by atoms with Crippen molar-refractivity contribution in [2.75, 3.05) is 0 Å². The standard InChI is InChI=1S/C7H9.C5H5.CH4N2OS.CH2OS.Fe/c1-2-7-5-3-4-6-7;1-2-4-5-3-1;2-3-1(4)5;2-1-3;/h3-6H,2H2,1H3;1-5H;2H2,(H2,3,4,5);1H,(H,2,3);. The molecule has 5 N–H and O–H groups in total. The predicted octanol–water partition coefficient (Wildman–Crippen LogP) is 3.95. The molecule has 10 rings (SSSR count). The second-order valence-electron chi connectivity index (χ2n) is 10.7. The van der Waals surface area contributed by atoms with Crippen LogP contribution < -0.4 is 11.3 Å². The molecule has 21 heavy (non-hydrogen) atoms. The van der Waals surface area contributed by atoms with Crippen LogP contribution in [0.1, 0.15) is 13.3 Å². The van der Waals surface area contributed by atoms with Gasteiger partial charge in [-0.3, -0.25) is 5.43 Å². The molecule has 10 fully saturated rings. The summed E-state index contributed by atoms with van der Waals surface area (Å²) in [5, 5.41) is 14.7. The number of nitrogens with one attached hydrogen (secondary N) is 1. The van der Waals surface area contributed by atoms with Crippen LogP contribution in [0, 0.1) is 0 Å². The molecule has 10 saturated heterocycles. The van der Waals surface area contributed by atoms with E-state index in [9.17, 15) is 0 Å². The zero-order valence-electron chi connectivity index (χ0n) is 11.6. The van der Waals surface area contributed by atoms with Gasteiger partial charge < -0.3 is 10.2 Å². The minimum atomic E-state index is -2.50. The van der Waals surface area contributed by atoms with E-state index in [0.717, 1.165) is 0 Å². The van der Waals surface area contributed by atoms with Crippen LogP contribution >= 0.6 is 24.4 Å². The molecule has 4 nitrogen and oxygen atoms in total. The SMILES string of the molecule is CC[C]12[CH]3[CH]4[CH]5[CH]1[Fe]45321678[CH]2[CH]1[CH]6[CH]7[CH]28.NNC(O)=S.OC=S. The fraction of sp³-hybridized carbons (Fsp3) is 0.857. The quantitative estimate of drug-likeness (QED) is 0.243. The molecule has 0 amide bonds. The van der Waals surface area contributed by atoms with E-state index in [4.69, 9.17) is 10.2 Å². The topological polar surface area (TPSA) is 78.5 Å². The van der Waals surface area contributed by atoms with Crippen LogP contribution in [0.15, 0.2) is 0 Å². The maximum Gasteiger partial charge on any atom is 0.268 e. The van der Waals surface area contributed by atoms with Gasteiger partial charge in [0.2, 0.25) is 0 Å². The number of thiocarbonyl (C=S) groups is 2. The summed E-state index contributed by atoms with van der Waals surface area (Å²) in [5.41, 5.74) is 2.40. The van der Waals surface area contributed by atoms with Gasteiger partial charge in [0, 0.05) is 0 Å². The van der Waals surface area contributed by atoms with Crippen molar-refractivity contribution in [3.05, 3.63) is 0 Å². The van der Waals surface area contributed by atoms with Gasteiger partial charge in [-0.25, -0.2) is 5.84 Å². The molecule has 10 aliphatic heterocycles. The van der Waals surface area contributed by atoms with E-state index in [1.807, 2.05) is 5.43 Å². The van der Waals surface area contributed by atoms with Gasteiger partial charge in [-0.2, -0.15) is 0 Å². The number of aliphatic hydroxyl groups is 2. The molecular formula is C14H20FeN2O2S2. The normalized spacial score (nSPS) is 96.4. The molecule has 4 unspecified atom stereocenters. The van der Waals surface area contributed by atoms with E-state index >= 15 is 0 Å². The largest absolute Gasteiger partial charge is 0.504 e. The molecule has 10 aliphatic rings. The van der Waals surface area contributed by atoms with Crippen molar-refractivity contribution in [2.45, 2.75) is 61.0 Å². The Labute approximate surface area is 124 Å². The first-order valence-electron chi connectivity index (χ1n) is 7.78. The molecule has 0 saturated carbocycles. The summed E-state index contributed by atoms with van der Waals surface area (Å²) >= 11 is 7.84. The van der Waals surface area contributed by atoms with Crippen LogP contribution in [0.2, 0.25) is 47.7 Å². The van der Waals surface area contributed by atoms with Crippen molar-refractivity contribution < 1.29 is 16.7 Å². The van der Waals surface area contributed by atoms with Gasteiger partial charge in [0.25, 0.3) is 5.17 Å². The third kappa shape index (κ3) is 0.138. The van der Waals surface area contributed by atoms with Crippen molar-refractivity contribution >= 4 is 35.2 Å². The maximum atomic E-state index is 7.86. The van der Waals surface area contributed by atoms with Crippen LogP contribution in [-0.2, 0) is 6.51 Å². The summed E-state index contributed by atoms with van der Waals surface area (Å²) in [7, 11) is 0. The summed E-state index contributed by atoms with van der Waals surface area (Å²) in [4.78, 5) is 14.1. The summed E-state index contributed by atoms with van der Waals surface area (Å²) in [6.07, 6.45) is 1.68. The van der Waals surface area contributed by atoms with E-state index in [0.29, 0.717) is 5.55 Å². The monoisotopic (exact) mass is 368 g/mol. The molecule has 0 aromatic rings. The van der Waals surface area contributed by atoms with E-state index < -0.39 is 6.51 Å². The zero-order chi connectivity index (χ0) is 14.7. The maximum absolute atomic E-state index is 7.86. The first-order chi connectivity index (χ1) is 9.79. The van der Waals surface area contributed by atoms with E-state index in [-0.39, 0.29) is 5.17 Å². The van der Waals surface area contributed by atoms with Crippen molar-refractivity contribution in [2.24, 2.45) is 5.84 Å². The summed E-state index contributed by atoms with van der Waals surface area (Å²) < 4.78 is 1.24. The first-order valence-corrected chi connectivity index (χ1v) is 14.9. The van der Waals surface area contributed by atoms with Crippen molar-refractivity contribution in [1.29, 1.82) is 0 Å². The van der Waals surface area contributed by atoms with Gasteiger partial charge in [0.1, 0.15) is 5.55 Å². The molecule has 7 heteroatoms. The van der Waals surface area contributed by atoms with Gasteiger partial charge >= 0.3 is 67.5 Å². The number of nitrogens with two attached hydrogens (primary N) is 1. The molecule has 0 bridgehead atoms. The molecule has 0 aromatic carbocycles. The Morgan fingerprint density at radius 3 is 1.57 bits per heavy atom. The van der Waals surface area contributed by atoms with Crippen LogP contribution in [0.5, 0.6) is 0 Å². The fourth-order valence-corrected chi connectivity index (χ4v) is 93.5. The Kier molecular flexibility index (Phi) is 0.529. The third-order valence-electron chi connectivity index (χ3n) is 15.6. The molecule has 1 spiro atoms. The molecular weight excluding hydrogens is 348 g/mol. The molecule has 0 aromatic heterocycles. The number of hydrogen-bond acceptors (Lipinski definition) is 3. The molecule has 4 atom stereocenters. The van der Waals surface area contributed by atoms with Crippen LogP contribution in [0.4, 0.5) is 0 Å². The molecule has 0 aliphatic carbocycles. The first kappa shape index (κ1) is 10.8. The number of hydrogen-bond donors (Lipinski definition) is 4. The van der Waals surface area contributed by atoms with Crippen LogP contribution in [-0.4, -0.2) is 20.9 Å². The molecule has 0 radical (unpaired) electrons. The Morgan fingerprint density at radius 2 is 1.52 bits per heavy atom. The third-order valence-corrected chi connectivity index (χ3v) is 58.9. The number of aliphatic hydroxyl groups excluding tert-OH is 2. The van der Waals surface area contributed by atoms with Gasteiger partial charge in [-0.1, -0.05) is 0 Å². The Morgan fingerprint density at radius 1 is 1.19 bits per heavy atom. The van der Waals surface area contributed by atoms with Gasteiger partial charge in [0.05, 0.1) is 0 Å². The summed E-state index contributed by atoms with van der Waals surface area (Å²) in [5.74, 6) is 4.53. The minimum Gasteiger partial charge on any atom is -0.504 e. The van der Waals surface area contributed by atoms with Gasteiger partial charge in [-0.15, -0.1) is 0 Å². The summed E-state index contributed by atoms with van der Waals surface area (Å²) in [6.45, 7) is 0.0825. The zero-order valence-corrected chi connectivity index (χ0v) is 14.4. The average molecular weight is 368 g/mol. The van der Waals surface area contributed by atoms with Gasteiger partial charge in [-0.05, 0) is 24.4 Å². The summed E-state index contributed by atoms with van der Waals surface area (Å²) in [6, 6.07) is 0. The van der Waals surface area contributed by atoms with E-state index in [1.165, 1.54) is 4.31 Å². The van der Waals surface area contributed by atoms with Crippen LogP contribution in [0.25, 0.3) is 0 Å². The Hall–Kier alpha value is 0.0595. The van der Waals surface area contributed by atoms with Crippen LogP contribution in [0.3, 0.4) is 0 Å². The van der Waals surface area contributed by atoms with Gasteiger partial charge in [0.15, 0.2) is 0 Å². The minimum absolute atomic E-state index is 0.384. The fourth-order valence-electron chi connectivity index (χ4n) is 17.7.